The molecule has 4 heteroatoms. The molecule has 0 bridgehead atoms. The second-order valence-corrected chi connectivity index (χ2v) is 9.54. The van der Waals surface area contributed by atoms with E-state index in [-0.39, 0.29) is 5.91 Å². The Morgan fingerprint density at radius 1 is 1.32 bits per heavy atom. The van der Waals surface area contributed by atoms with Crippen molar-refractivity contribution in [1.29, 1.82) is 0 Å². The Balaban J connectivity index is 2.31. The lowest BCUT2D eigenvalue weighted by Crippen LogP contribution is -2.35. The van der Waals surface area contributed by atoms with Gasteiger partial charge in [-0.3, -0.25) is 4.79 Å². The van der Waals surface area contributed by atoms with Gasteiger partial charge in [0.25, 0.3) is 0 Å². The molecule has 0 spiro atoms. The molecule has 1 N–H and O–H groups in total. The van der Waals surface area contributed by atoms with Crippen LogP contribution in [-0.2, 0) is 4.79 Å². The fourth-order valence-corrected chi connectivity index (χ4v) is 3.63. The van der Waals surface area contributed by atoms with Crippen molar-refractivity contribution < 1.29 is 9.22 Å². The normalized spacial score (nSPS) is 10.9. The van der Waals surface area contributed by atoms with E-state index in [1.807, 2.05) is 30.3 Å². The van der Waals surface area contributed by atoms with Gasteiger partial charge in [-0.15, -0.1) is 0 Å². The first-order valence-corrected chi connectivity index (χ1v) is 9.70. The predicted molar refractivity (Wildman–Crippen MR) is 81.8 cm³/mol. The number of hydrogen-bond donors (Lipinski definition) is 1. The summed E-state index contributed by atoms with van der Waals surface area (Å²) in [5.41, 5.74) is 0.553. The highest BCUT2D eigenvalue weighted by Crippen LogP contribution is 2.19. The molecule has 3 nitrogen and oxygen atoms in total. The van der Waals surface area contributed by atoms with Crippen LogP contribution in [-0.4, -0.2) is 20.8 Å². The first-order valence-electron chi connectivity index (χ1n) is 6.58. The van der Waals surface area contributed by atoms with Gasteiger partial charge in [-0.25, -0.2) is 0 Å². The van der Waals surface area contributed by atoms with Crippen LogP contribution in [0.15, 0.2) is 42.5 Å². The van der Waals surface area contributed by atoms with Crippen molar-refractivity contribution in [1.82, 2.24) is 5.32 Å². The molecule has 0 heterocycles. The van der Waals surface area contributed by atoms with E-state index in [1.54, 1.807) is 6.92 Å². The SMILES string of the molecule is C=C(C)C(=O)NCCC[Si](C)(C)Oc1ccccc1. The van der Waals surface area contributed by atoms with Crippen molar-refractivity contribution in [2.24, 2.45) is 0 Å². The van der Waals surface area contributed by atoms with Gasteiger partial charge in [-0.2, -0.15) is 0 Å². The van der Waals surface area contributed by atoms with E-state index in [9.17, 15) is 4.79 Å². The molecule has 1 aromatic carbocycles. The van der Waals surface area contributed by atoms with Crippen molar-refractivity contribution in [3.8, 4) is 5.75 Å². The molecule has 0 fully saturated rings. The smallest absolute Gasteiger partial charge is 0.246 e. The number of amides is 1. The van der Waals surface area contributed by atoms with Crippen molar-refractivity contribution >= 4 is 14.2 Å². The summed E-state index contributed by atoms with van der Waals surface area (Å²) in [4.78, 5) is 11.3. The highest BCUT2D eigenvalue weighted by atomic mass is 28.4. The van der Waals surface area contributed by atoms with E-state index in [1.165, 1.54) is 0 Å². The zero-order chi connectivity index (χ0) is 14.3. The molecule has 19 heavy (non-hydrogen) atoms. The summed E-state index contributed by atoms with van der Waals surface area (Å²) < 4.78 is 6.06. The Kier molecular flexibility index (Phi) is 5.82. The van der Waals surface area contributed by atoms with E-state index in [0.29, 0.717) is 12.1 Å². The first kappa shape index (κ1) is 15.5. The average molecular weight is 277 g/mol. The molecule has 104 valence electrons. The molecule has 0 saturated heterocycles. The Bertz CT molecular complexity index is 429. The fraction of sp³-hybridized carbons (Fsp3) is 0.400. The summed E-state index contributed by atoms with van der Waals surface area (Å²) in [7, 11) is -1.72. The first-order chi connectivity index (χ1) is 8.91. The molecule has 0 aliphatic heterocycles. The van der Waals surface area contributed by atoms with Crippen LogP contribution in [0.4, 0.5) is 0 Å². The largest absolute Gasteiger partial charge is 0.544 e. The average Bonchev–Trinajstić information content (AvgIpc) is 2.35. The van der Waals surface area contributed by atoms with Gasteiger partial charge in [0.15, 0.2) is 0 Å². The van der Waals surface area contributed by atoms with E-state index in [4.69, 9.17) is 4.43 Å². The third-order valence-electron chi connectivity index (χ3n) is 2.77. The minimum Gasteiger partial charge on any atom is -0.544 e. The number of carbonyl (C=O) groups excluding carboxylic acids is 1. The van der Waals surface area contributed by atoms with Crippen molar-refractivity contribution in [3.63, 3.8) is 0 Å². The summed E-state index contributed by atoms with van der Waals surface area (Å²) in [6.07, 6.45) is 0.936. The lowest BCUT2D eigenvalue weighted by Gasteiger charge is -2.24. The maximum atomic E-state index is 11.3. The number of hydrogen-bond acceptors (Lipinski definition) is 2. The second kappa shape index (κ2) is 7.14. The minimum atomic E-state index is -1.72. The standard InChI is InChI=1S/C15H23NO2Si/c1-13(2)15(17)16-11-8-12-19(3,4)18-14-9-6-5-7-10-14/h5-7,9-10H,1,8,11-12H2,2-4H3,(H,16,17). The van der Waals surface area contributed by atoms with Crippen molar-refractivity contribution in [2.75, 3.05) is 6.54 Å². The molecule has 0 radical (unpaired) electrons. The summed E-state index contributed by atoms with van der Waals surface area (Å²) in [5, 5.41) is 2.85. The van der Waals surface area contributed by atoms with Gasteiger partial charge in [-0.05, 0) is 44.6 Å². The van der Waals surface area contributed by atoms with E-state index >= 15 is 0 Å². The summed E-state index contributed by atoms with van der Waals surface area (Å²) in [6.45, 7) is 10.4. The van der Waals surface area contributed by atoms with Crippen molar-refractivity contribution in [2.45, 2.75) is 32.5 Å². The van der Waals surface area contributed by atoms with Gasteiger partial charge in [0.05, 0.1) is 0 Å². The van der Waals surface area contributed by atoms with E-state index < -0.39 is 8.32 Å². The number of benzene rings is 1. The Hall–Kier alpha value is -1.55. The summed E-state index contributed by atoms with van der Waals surface area (Å²) in [5.74, 6) is 0.869. The monoisotopic (exact) mass is 277 g/mol. The Morgan fingerprint density at radius 3 is 2.53 bits per heavy atom. The van der Waals surface area contributed by atoms with Crippen LogP contribution < -0.4 is 9.74 Å². The van der Waals surface area contributed by atoms with Crippen LogP contribution in [0, 0.1) is 0 Å². The molecule has 1 amide bonds. The van der Waals surface area contributed by atoms with Crippen LogP contribution >= 0.6 is 0 Å². The summed E-state index contributed by atoms with van der Waals surface area (Å²) in [6, 6.07) is 10.9. The molecule has 0 saturated carbocycles. The molecule has 1 rings (SSSR count). The third-order valence-corrected chi connectivity index (χ3v) is 5.11. The number of carbonyl (C=O) groups is 1. The zero-order valence-corrected chi connectivity index (χ0v) is 13.0. The van der Waals surface area contributed by atoms with Gasteiger partial charge in [0, 0.05) is 12.1 Å². The Morgan fingerprint density at radius 2 is 1.95 bits per heavy atom. The quantitative estimate of drug-likeness (QED) is 0.471. The molecule has 0 aliphatic carbocycles. The van der Waals surface area contributed by atoms with E-state index in [0.717, 1.165) is 18.2 Å². The molecular weight excluding hydrogens is 254 g/mol. The zero-order valence-electron chi connectivity index (χ0n) is 12.0. The summed E-state index contributed by atoms with van der Waals surface area (Å²) >= 11 is 0. The lowest BCUT2D eigenvalue weighted by molar-refractivity contribution is -0.117. The molecular formula is C15H23NO2Si. The van der Waals surface area contributed by atoms with Gasteiger partial charge < -0.3 is 9.74 Å². The molecule has 0 atom stereocenters. The maximum Gasteiger partial charge on any atom is 0.246 e. The Labute approximate surface area is 116 Å². The van der Waals surface area contributed by atoms with Crippen LogP contribution in [0.1, 0.15) is 13.3 Å². The molecule has 0 unspecified atom stereocenters. The fourth-order valence-electron chi connectivity index (χ4n) is 1.73. The van der Waals surface area contributed by atoms with Crippen LogP contribution in [0.5, 0.6) is 5.75 Å². The number of nitrogens with one attached hydrogen (secondary N) is 1. The predicted octanol–water partition coefficient (Wildman–Crippen LogP) is 3.35. The van der Waals surface area contributed by atoms with Gasteiger partial charge >= 0.3 is 0 Å². The highest BCUT2D eigenvalue weighted by molar-refractivity contribution is 6.71. The van der Waals surface area contributed by atoms with Gasteiger partial charge in [0.1, 0.15) is 5.75 Å². The maximum absolute atomic E-state index is 11.3. The van der Waals surface area contributed by atoms with Crippen LogP contribution in [0.2, 0.25) is 19.1 Å². The van der Waals surface area contributed by atoms with Gasteiger partial charge in [0.2, 0.25) is 14.2 Å². The minimum absolute atomic E-state index is 0.0662. The second-order valence-electron chi connectivity index (χ2n) is 5.31. The highest BCUT2D eigenvalue weighted by Gasteiger charge is 2.23. The molecule has 0 aromatic heterocycles. The topological polar surface area (TPSA) is 38.3 Å². The van der Waals surface area contributed by atoms with E-state index in [2.05, 4.69) is 25.0 Å². The van der Waals surface area contributed by atoms with Crippen molar-refractivity contribution in [3.05, 3.63) is 42.5 Å². The van der Waals surface area contributed by atoms with Crippen LogP contribution in [0.25, 0.3) is 0 Å². The molecule has 1 aromatic rings. The van der Waals surface area contributed by atoms with Gasteiger partial charge in [-0.1, -0.05) is 24.8 Å². The lowest BCUT2D eigenvalue weighted by atomic mass is 10.3. The number of para-hydroxylation sites is 1. The molecule has 0 aliphatic rings. The third kappa shape index (κ3) is 6.24. The van der Waals surface area contributed by atoms with Crippen LogP contribution in [0.3, 0.4) is 0 Å². The number of rotatable bonds is 7.